The Bertz CT molecular complexity index is 1110. The van der Waals surface area contributed by atoms with E-state index < -0.39 is 17.8 Å². The first-order chi connectivity index (χ1) is 14.2. The summed E-state index contributed by atoms with van der Waals surface area (Å²) >= 11 is 18.4. The molecule has 3 rings (SSSR count). The number of halogens is 3. The van der Waals surface area contributed by atoms with Gasteiger partial charge in [0.15, 0.2) is 0 Å². The van der Waals surface area contributed by atoms with Gasteiger partial charge in [0.1, 0.15) is 17.9 Å². The van der Waals surface area contributed by atoms with Crippen LogP contribution in [0.3, 0.4) is 0 Å². The molecular formula is C21H15Cl3N2O4. The lowest BCUT2D eigenvalue weighted by atomic mass is 10.1. The maximum absolute atomic E-state index is 13.1. The topological polar surface area (TPSA) is 75.7 Å². The normalized spacial score (nSPS) is 15.4. The number of carbonyl (C=O) groups is 3. The first-order valence-corrected chi connectivity index (χ1v) is 9.76. The summed E-state index contributed by atoms with van der Waals surface area (Å²) in [5.74, 6) is -1.46. The standard InChI is InChI=1S/C21H15Cl3N2O4/c1-3-6-30-18-12(7-13(22)9-17(18)24)8-15-19(27)25-21(29)26(20(15)28)14-5-4-11(2)16(23)10-14/h3-5,7-10H,1,6H2,2H3,(H,25,27,29)/b15-8+. The molecule has 9 heteroatoms. The Balaban J connectivity index is 2.09. The van der Waals surface area contributed by atoms with Crippen LogP contribution in [0, 0.1) is 6.92 Å². The maximum atomic E-state index is 13.1. The summed E-state index contributed by atoms with van der Waals surface area (Å²) in [7, 11) is 0. The van der Waals surface area contributed by atoms with Crippen molar-refractivity contribution in [2.45, 2.75) is 6.92 Å². The van der Waals surface area contributed by atoms with Crippen LogP contribution >= 0.6 is 34.8 Å². The number of hydrogen-bond acceptors (Lipinski definition) is 4. The van der Waals surface area contributed by atoms with Crippen LogP contribution in [0.25, 0.3) is 6.08 Å². The highest BCUT2D eigenvalue weighted by Gasteiger charge is 2.37. The molecule has 4 amide bonds. The highest BCUT2D eigenvalue weighted by Crippen LogP contribution is 2.35. The number of amides is 4. The molecule has 0 aliphatic carbocycles. The van der Waals surface area contributed by atoms with Gasteiger partial charge in [-0.15, -0.1) is 0 Å². The molecular weight excluding hydrogens is 451 g/mol. The maximum Gasteiger partial charge on any atom is 0.335 e. The molecule has 0 saturated carbocycles. The number of anilines is 1. The molecule has 1 aliphatic rings. The van der Waals surface area contributed by atoms with E-state index >= 15 is 0 Å². The van der Waals surface area contributed by atoms with Gasteiger partial charge in [-0.3, -0.25) is 14.9 Å². The summed E-state index contributed by atoms with van der Waals surface area (Å²) in [5.41, 5.74) is 0.991. The average Bonchev–Trinajstić information content (AvgIpc) is 2.67. The number of benzene rings is 2. The number of ether oxygens (including phenoxy) is 1. The Hall–Kier alpha value is -2.80. The highest BCUT2D eigenvalue weighted by molar-refractivity contribution is 6.40. The lowest BCUT2D eigenvalue weighted by molar-refractivity contribution is -0.122. The molecule has 1 saturated heterocycles. The van der Waals surface area contributed by atoms with Crippen molar-refractivity contribution in [3.8, 4) is 5.75 Å². The molecule has 1 aliphatic heterocycles. The van der Waals surface area contributed by atoms with E-state index in [4.69, 9.17) is 39.5 Å². The molecule has 0 atom stereocenters. The Morgan fingerprint density at radius 2 is 1.83 bits per heavy atom. The van der Waals surface area contributed by atoms with Crippen LogP contribution in [0.5, 0.6) is 5.75 Å². The first kappa shape index (κ1) is 21.9. The van der Waals surface area contributed by atoms with E-state index in [2.05, 4.69) is 11.9 Å². The van der Waals surface area contributed by atoms with Gasteiger partial charge in [0.25, 0.3) is 11.8 Å². The minimum atomic E-state index is -0.880. The van der Waals surface area contributed by atoms with Gasteiger partial charge in [0.05, 0.1) is 10.7 Å². The summed E-state index contributed by atoms with van der Waals surface area (Å²) in [4.78, 5) is 38.6. The molecule has 2 aromatic rings. The number of nitrogens with one attached hydrogen (secondary N) is 1. The number of rotatable bonds is 5. The molecule has 0 aromatic heterocycles. The quantitative estimate of drug-likeness (QED) is 0.375. The third kappa shape index (κ3) is 4.36. The van der Waals surface area contributed by atoms with E-state index in [1.165, 1.54) is 30.4 Å². The van der Waals surface area contributed by atoms with Crippen molar-refractivity contribution in [2.75, 3.05) is 11.5 Å². The minimum absolute atomic E-state index is 0.143. The van der Waals surface area contributed by atoms with E-state index in [-0.39, 0.29) is 33.7 Å². The third-order valence-electron chi connectivity index (χ3n) is 4.20. The van der Waals surface area contributed by atoms with Gasteiger partial charge in [-0.25, -0.2) is 9.69 Å². The number of aryl methyl sites for hydroxylation is 1. The molecule has 0 unspecified atom stereocenters. The minimum Gasteiger partial charge on any atom is -0.487 e. The van der Waals surface area contributed by atoms with Crippen LogP contribution in [-0.2, 0) is 9.59 Å². The summed E-state index contributed by atoms with van der Waals surface area (Å²) < 4.78 is 5.55. The second-order valence-electron chi connectivity index (χ2n) is 6.30. The van der Waals surface area contributed by atoms with Gasteiger partial charge >= 0.3 is 6.03 Å². The summed E-state index contributed by atoms with van der Waals surface area (Å²) in [6, 6.07) is 6.77. The molecule has 154 valence electrons. The average molecular weight is 466 g/mol. The van der Waals surface area contributed by atoms with Crippen LogP contribution < -0.4 is 15.0 Å². The zero-order valence-electron chi connectivity index (χ0n) is 15.7. The van der Waals surface area contributed by atoms with Gasteiger partial charge in [-0.05, 0) is 42.8 Å². The van der Waals surface area contributed by atoms with E-state index in [0.717, 1.165) is 10.5 Å². The predicted octanol–water partition coefficient (Wildman–Crippen LogP) is 5.19. The molecule has 0 bridgehead atoms. The number of imide groups is 2. The van der Waals surface area contributed by atoms with Gasteiger partial charge in [-0.1, -0.05) is 53.5 Å². The van der Waals surface area contributed by atoms with Crippen molar-refractivity contribution in [2.24, 2.45) is 0 Å². The van der Waals surface area contributed by atoms with E-state index in [0.29, 0.717) is 10.6 Å². The fraction of sp³-hybridized carbons (Fsp3) is 0.0952. The fourth-order valence-electron chi connectivity index (χ4n) is 2.75. The molecule has 1 heterocycles. The lowest BCUT2D eigenvalue weighted by Crippen LogP contribution is -2.54. The SMILES string of the molecule is C=CCOc1c(Cl)cc(Cl)cc1/C=C1\C(=O)NC(=O)N(c2ccc(C)c(Cl)c2)C1=O. The molecule has 1 N–H and O–H groups in total. The lowest BCUT2D eigenvalue weighted by Gasteiger charge is -2.26. The summed E-state index contributed by atoms with van der Waals surface area (Å²) in [6.07, 6.45) is 2.78. The number of hydrogen-bond donors (Lipinski definition) is 1. The van der Waals surface area contributed by atoms with Crippen molar-refractivity contribution < 1.29 is 19.1 Å². The molecule has 0 spiro atoms. The predicted molar refractivity (Wildman–Crippen MR) is 117 cm³/mol. The third-order valence-corrected chi connectivity index (χ3v) is 5.10. The van der Waals surface area contributed by atoms with Crippen LogP contribution in [0.2, 0.25) is 15.1 Å². The first-order valence-electron chi connectivity index (χ1n) is 8.63. The van der Waals surface area contributed by atoms with Crippen molar-refractivity contribution in [3.63, 3.8) is 0 Å². The number of urea groups is 1. The highest BCUT2D eigenvalue weighted by atomic mass is 35.5. The smallest absolute Gasteiger partial charge is 0.335 e. The zero-order chi connectivity index (χ0) is 22.0. The second kappa shape index (κ2) is 8.92. The second-order valence-corrected chi connectivity index (χ2v) is 7.55. The molecule has 1 fully saturated rings. The number of carbonyl (C=O) groups excluding carboxylic acids is 3. The Kier molecular flexibility index (Phi) is 6.51. The van der Waals surface area contributed by atoms with Gasteiger partial charge in [0.2, 0.25) is 0 Å². The molecule has 30 heavy (non-hydrogen) atoms. The molecule has 2 aromatic carbocycles. The Morgan fingerprint density at radius 1 is 1.10 bits per heavy atom. The Labute approximate surface area is 187 Å². The van der Waals surface area contributed by atoms with Crippen LogP contribution in [0.4, 0.5) is 10.5 Å². The van der Waals surface area contributed by atoms with Crippen molar-refractivity contribution in [1.29, 1.82) is 0 Å². The van der Waals surface area contributed by atoms with Crippen molar-refractivity contribution in [1.82, 2.24) is 5.32 Å². The van der Waals surface area contributed by atoms with E-state index in [1.807, 2.05) is 0 Å². The number of barbiturate groups is 1. The largest absolute Gasteiger partial charge is 0.487 e. The van der Waals surface area contributed by atoms with Gasteiger partial charge < -0.3 is 4.74 Å². The molecule has 0 radical (unpaired) electrons. The summed E-state index contributed by atoms with van der Waals surface area (Å²) in [6.45, 7) is 5.50. The van der Waals surface area contributed by atoms with Crippen LogP contribution in [0.15, 0.2) is 48.6 Å². The fourth-order valence-corrected chi connectivity index (χ4v) is 3.49. The monoisotopic (exact) mass is 464 g/mol. The van der Waals surface area contributed by atoms with Crippen molar-refractivity contribution >= 4 is 64.4 Å². The van der Waals surface area contributed by atoms with Gasteiger partial charge in [0, 0.05) is 15.6 Å². The molecule has 6 nitrogen and oxygen atoms in total. The number of nitrogens with zero attached hydrogens (tertiary/aromatic N) is 1. The van der Waals surface area contributed by atoms with E-state index in [1.54, 1.807) is 19.1 Å². The van der Waals surface area contributed by atoms with Gasteiger partial charge in [-0.2, -0.15) is 0 Å². The Morgan fingerprint density at radius 3 is 2.50 bits per heavy atom. The van der Waals surface area contributed by atoms with Crippen LogP contribution in [0.1, 0.15) is 11.1 Å². The summed E-state index contributed by atoms with van der Waals surface area (Å²) in [5, 5.41) is 2.99. The zero-order valence-corrected chi connectivity index (χ0v) is 17.9. The van der Waals surface area contributed by atoms with Crippen LogP contribution in [-0.4, -0.2) is 24.5 Å². The van der Waals surface area contributed by atoms with E-state index in [9.17, 15) is 14.4 Å². The van der Waals surface area contributed by atoms with Crippen molar-refractivity contribution in [3.05, 3.63) is 74.8 Å².